The highest BCUT2D eigenvalue weighted by Gasteiger charge is 2.12. The standard InChI is InChI=1S/C13H19FN2O/c1-3-15-9-8-13(17)16-10(2)11-6-4-5-7-12(11)14/h4-7,10,15H,3,8-9H2,1-2H3,(H,16,17)/t10-/m1/s1. The molecule has 0 heterocycles. The van der Waals surface area contributed by atoms with Crippen LogP contribution in [0.1, 0.15) is 31.9 Å². The summed E-state index contributed by atoms with van der Waals surface area (Å²) in [7, 11) is 0. The van der Waals surface area contributed by atoms with Crippen molar-refractivity contribution in [2.45, 2.75) is 26.3 Å². The molecule has 17 heavy (non-hydrogen) atoms. The van der Waals surface area contributed by atoms with Gasteiger partial charge in [0.15, 0.2) is 0 Å². The van der Waals surface area contributed by atoms with E-state index in [2.05, 4.69) is 10.6 Å². The quantitative estimate of drug-likeness (QED) is 0.744. The van der Waals surface area contributed by atoms with Crippen molar-refractivity contribution >= 4 is 5.91 Å². The third-order valence-corrected chi connectivity index (χ3v) is 2.53. The first-order valence-corrected chi connectivity index (χ1v) is 5.89. The third kappa shape index (κ3) is 4.53. The summed E-state index contributed by atoms with van der Waals surface area (Å²) in [6, 6.07) is 6.18. The third-order valence-electron chi connectivity index (χ3n) is 2.53. The zero-order chi connectivity index (χ0) is 12.7. The Morgan fingerprint density at radius 1 is 1.41 bits per heavy atom. The average molecular weight is 238 g/mol. The number of hydrogen-bond donors (Lipinski definition) is 2. The second-order valence-corrected chi connectivity index (χ2v) is 3.91. The van der Waals surface area contributed by atoms with E-state index in [1.807, 2.05) is 6.92 Å². The maximum Gasteiger partial charge on any atom is 0.221 e. The Bertz CT molecular complexity index is 368. The Labute approximate surface area is 101 Å². The fourth-order valence-corrected chi connectivity index (χ4v) is 1.60. The Kier molecular flexibility index (Phi) is 5.63. The van der Waals surface area contributed by atoms with Crippen molar-refractivity contribution in [3.63, 3.8) is 0 Å². The molecule has 1 rings (SSSR count). The summed E-state index contributed by atoms with van der Waals surface area (Å²) in [5.41, 5.74) is 0.518. The van der Waals surface area contributed by atoms with Crippen LogP contribution >= 0.6 is 0 Å². The minimum atomic E-state index is -0.301. The minimum Gasteiger partial charge on any atom is -0.349 e. The molecule has 0 unspecified atom stereocenters. The smallest absolute Gasteiger partial charge is 0.221 e. The molecule has 0 spiro atoms. The van der Waals surface area contributed by atoms with Crippen molar-refractivity contribution in [1.82, 2.24) is 10.6 Å². The molecule has 1 aromatic rings. The second-order valence-electron chi connectivity index (χ2n) is 3.91. The van der Waals surface area contributed by atoms with Gasteiger partial charge in [0.1, 0.15) is 5.82 Å². The van der Waals surface area contributed by atoms with Gasteiger partial charge in [0, 0.05) is 18.5 Å². The minimum absolute atomic E-state index is 0.0679. The maximum atomic E-state index is 13.4. The van der Waals surface area contributed by atoms with Gasteiger partial charge in [-0.15, -0.1) is 0 Å². The van der Waals surface area contributed by atoms with E-state index in [4.69, 9.17) is 0 Å². The van der Waals surface area contributed by atoms with E-state index in [0.717, 1.165) is 6.54 Å². The van der Waals surface area contributed by atoms with Crippen molar-refractivity contribution in [1.29, 1.82) is 0 Å². The van der Waals surface area contributed by atoms with Crippen LogP contribution in [0.3, 0.4) is 0 Å². The molecule has 0 saturated carbocycles. The number of nitrogens with one attached hydrogen (secondary N) is 2. The molecule has 0 aliphatic carbocycles. The molecule has 2 N–H and O–H groups in total. The van der Waals surface area contributed by atoms with Gasteiger partial charge in [0.25, 0.3) is 0 Å². The molecule has 0 aromatic heterocycles. The van der Waals surface area contributed by atoms with E-state index in [-0.39, 0.29) is 17.8 Å². The zero-order valence-electron chi connectivity index (χ0n) is 10.3. The van der Waals surface area contributed by atoms with Crippen molar-refractivity contribution in [2.75, 3.05) is 13.1 Å². The van der Waals surface area contributed by atoms with Gasteiger partial charge in [0.05, 0.1) is 6.04 Å². The van der Waals surface area contributed by atoms with Crippen LogP contribution in [0.5, 0.6) is 0 Å². The van der Waals surface area contributed by atoms with Gasteiger partial charge in [-0.05, 0) is 19.5 Å². The Balaban J connectivity index is 2.46. The topological polar surface area (TPSA) is 41.1 Å². The molecule has 1 atom stereocenters. The van der Waals surface area contributed by atoms with Crippen molar-refractivity contribution in [2.24, 2.45) is 0 Å². The molecular formula is C13H19FN2O. The number of halogens is 1. The van der Waals surface area contributed by atoms with Crippen LogP contribution in [-0.4, -0.2) is 19.0 Å². The summed E-state index contributed by atoms with van der Waals surface area (Å²) in [6.07, 6.45) is 0.409. The molecule has 0 bridgehead atoms. The first kappa shape index (κ1) is 13.6. The highest BCUT2D eigenvalue weighted by atomic mass is 19.1. The molecule has 0 aliphatic rings. The van der Waals surface area contributed by atoms with Gasteiger partial charge in [-0.3, -0.25) is 4.79 Å². The van der Waals surface area contributed by atoms with E-state index in [1.54, 1.807) is 25.1 Å². The largest absolute Gasteiger partial charge is 0.349 e. The number of hydrogen-bond acceptors (Lipinski definition) is 2. The van der Waals surface area contributed by atoms with Crippen molar-refractivity contribution in [3.05, 3.63) is 35.6 Å². The summed E-state index contributed by atoms with van der Waals surface area (Å²) in [4.78, 5) is 11.5. The number of rotatable bonds is 6. The fourth-order valence-electron chi connectivity index (χ4n) is 1.60. The lowest BCUT2D eigenvalue weighted by Crippen LogP contribution is -2.30. The Morgan fingerprint density at radius 3 is 2.76 bits per heavy atom. The Hall–Kier alpha value is -1.42. The van der Waals surface area contributed by atoms with Gasteiger partial charge < -0.3 is 10.6 Å². The van der Waals surface area contributed by atoms with Gasteiger partial charge in [0.2, 0.25) is 5.91 Å². The van der Waals surface area contributed by atoms with E-state index >= 15 is 0 Å². The average Bonchev–Trinajstić information content (AvgIpc) is 2.29. The van der Waals surface area contributed by atoms with Gasteiger partial charge in [-0.25, -0.2) is 4.39 Å². The molecule has 94 valence electrons. The van der Waals surface area contributed by atoms with Crippen molar-refractivity contribution < 1.29 is 9.18 Å². The number of amides is 1. The molecule has 1 amide bonds. The molecule has 1 aromatic carbocycles. The molecule has 0 saturated heterocycles. The number of benzene rings is 1. The van der Waals surface area contributed by atoms with Crippen LogP contribution in [0.4, 0.5) is 4.39 Å². The monoisotopic (exact) mass is 238 g/mol. The van der Waals surface area contributed by atoms with Gasteiger partial charge in [-0.1, -0.05) is 25.1 Å². The van der Waals surface area contributed by atoms with Crippen molar-refractivity contribution in [3.8, 4) is 0 Å². The van der Waals surface area contributed by atoms with Crippen LogP contribution in [0.2, 0.25) is 0 Å². The number of carbonyl (C=O) groups is 1. The lowest BCUT2D eigenvalue weighted by atomic mass is 10.1. The van der Waals surface area contributed by atoms with E-state index < -0.39 is 0 Å². The van der Waals surface area contributed by atoms with E-state index in [1.165, 1.54) is 6.07 Å². The first-order valence-electron chi connectivity index (χ1n) is 5.89. The lowest BCUT2D eigenvalue weighted by molar-refractivity contribution is -0.121. The van der Waals surface area contributed by atoms with Gasteiger partial charge in [-0.2, -0.15) is 0 Å². The number of carbonyl (C=O) groups excluding carboxylic acids is 1. The maximum absolute atomic E-state index is 13.4. The SMILES string of the molecule is CCNCCC(=O)N[C@H](C)c1ccccc1F. The summed E-state index contributed by atoms with van der Waals surface area (Å²) >= 11 is 0. The van der Waals surface area contributed by atoms with E-state index in [0.29, 0.717) is 18.5 Å². The Morgan fingerprint density at radius 2 is 2.12 bits per heavy atom. The summed E-state index contributed by atoms with van der Waals surface area (Å²) < 4.78 is 13.4. The van der Waals surface area contributed by atoms with E-state index in [9.17, 15) is 9.18 Å². The molecule has 4 heteroatoms. The second kappa shape index (κ2) is 7.01. The molecule has 3 nitrogen and oxygen atoms in total. The van der Waals surface area contributed by atoms with Crippen LogP contribution < -0.4 is 10.6 Å². The summed E-state index contributed by atoms with van der Waals surface area (Å²) in [5, 5.41) is 5.85. The molecule has 0 fully saturated rings. The summed E-state index contributed by atoms with van der Waals surface area (Å²) in [6.45, 7) is 5.26. The predicted molar refractivity (Wildman–Crippen MR) is 66.1 cm³/mol. The fraction of sp³-hybridized carbons (Fsp3) is 0.462. The predicted octanol–water partition coefficient (Wildman–Crippen LogP) is 2.00. The van der Waals surface area contributed by atoms with Crippen LogP contribution in [0.15, 0.2) is 24.3 Å². The van der Waals surface area contributed by atoms with Crippen LogP contribution in [-0.2, 0) is 4.79 Å². The lowest BCUT2D eigenvalue weighted by Gasteiger charge is -2.15. The first-order chi connectivity index (χ1) is 8.15. The molecule has 0 aliphatic heterocycles. The van der Waals surface area contributed by atoms with Gasteiger partial charge >= 0.3 is 0 Å². The zero-order valence-corrected chi connectivity index (χ0v) is 10.3. The normalized spacial score (nSPS) is 12.2. The summed E-state index contributed by atoms with van der Waals surface area (Å²) in [5.74, 6) is -0.353. The van der Waals surface area contributed by atoms with Crippen LogP contribution in [0.25, 0.3) is 0 Å². The molecule has 0 radical (unpaired) electrons. The molecular weight excluding hydrogens is 219 g/mol. The van der Waals surface area contributed by atoms with Crippen LogP contribution in [0, 0.1) is 5.82 Å². The highest BCUT2D eigenvalue weighted by Crippen LogP contribution is 2.15. The highest BCUT2D eigenvalue weighted by molar-refractivity contribution is 5.76.